The van der Waals surface area contributed by atoms with E-state index in [2.05, 4.69) is 0 Å². The molecule has 1 radical (unpaired) electrons. The second-order valence-corrected chi connectivity index (χ2v) is 7.18. The summed E-state index contributed by atoms with van der Waals surface area (Å²) in [5, 5.41) is 1.41. The van der Waals surface area contributed by atoms with Crippen molar-refractivity contribution in [3.8, 4) is 0 Å². The quantitative estimate of drug-likeness (QED) is 0.576. The Morgan fingerprint density at radius 1 is 0.591 bits per heavy atom. The van der Waals surface area contributed by atoms with Crippen LogP contribution in [0.3, 0.4) is 0 Å². The van der Waals surface area contributed by atoms with E-state index in [1.807, 2.05) is 6.55 Å². The molecule has 2 aromatic carbocycles. The second kappa shape index (κ2) is 5.79. The Hall–Kier alpha value is -1.76. The first-order valence-corrected chi connectivity index (χ1v) is 8.28. The fourth-order valence-electron chi connectivity index (χ4n) is 1.99. The number of hydrogen-bond donors (Lipinski definition) is 0. The predicted octanol–water partition coefficient (Wildman–Crippen LogP) is 3.96. The Kier molecular flexibility index (Phi) is 4.37. The first kappa shape index (κ1) is 16.6. The molecule has 0 spiro atoms. The van der Waals surface area contributed by atoms with Crippen LogP contribution in [0.5, 0.6) is 0 Å². The van der Waals surface area contributed by atoms with Crippen molar-refractivity contribution < 1.29 is 26.3 Å². The molecule has 22 heavy (non-hydrogen) atoms. The third kappa shape index (κ3) is 3.71. The highest BCUT2D eigenvalue weighted by Gasteiger charge is 2.31. The lowest BCUT2D eigenvalue weighted by atomic mass is 10.2. The number of hydrogen-bond acceptors (Lipinski definition) is 0. The predicted molar refractivity (Wildman–Crippen MR) is 73.8 cm³/mol. The molecule has 0 atom stereocenters. The second-order valence-electron chi connectivity index (χ2n) is 4.78. The van der Waals surface area contributed by atoms with Crippen LogP contribution >= 0.6 is 0 Å². The highest BCUT2D eigenvalue weighted by Crippen LogP contribution is 2.29. The molecule has 0 saturated heterocycles. The maximum atomic E-state index is 12.5. The van der Waals surface area contributed by atoms with Crippen molar-refractivity contribution in [2.45, 2.75) is 18.9 Å². The van der Waals surface area contributed by atoms with Crippen molar-refractivity contribution in [3.63, 3.8) is 0 Å². The molecule has 0 heterocycles. The summed E-state index contributed by atoms with van der Waals surface area (Å²) in [6.07, 6.45) is -8.79. The zero-order chi connectivity index (χ0) is 16.5. The number of rotatable bonds is 2. The molecule has 0 amide bonds. The molecule has 117 valence electrons. The molecule has 0 aliphatic rings. The molecule has 0 aliphatic carbocycles. The average molecular weight is 333 g/mol. The van der Waals surface area contributed by atoms with Gasteiger partial charge in [0.1, 0.15) is 8.80 Å². The van der Waals surface area contributed by atoms with Gasteiger partial charge in [-0.1, -0.05) is 65.5 Å². The number of benzene rings is 2. The highest BCUT2D eigenvalue weighted by molar-refractivity contribution is 6.84. The molecule has 2 rings (SSSR count). The van der Waals surface area contributed by atoms with Gasteiger partial charge in [-0.15, -0.1) is 0 Å². The van der Waals surface area contributed by atoms with E-state index in [-0.39, 0.29) is 0 Å². The molecule has 0 N–H and O–H groups in total. The topological polar surface area (TPSA) is 0 Å². The largest absolute Gasteiger partial charge is 0.416 e. The van der Waals surface area contributed by atoms with Crippen molar-refractivity contribution in [3.05, 3.63) is 59.7 Å². The van der Waals surface area contributed by atoms with E-state index in [1.165, 1.54) is 24.3 Å². The monoisotopic (exact) mass is 333 g/mol. The Morgan fingerprint density at radius 2 is 0.864 bits per heavy atom. The summed E-state index contributed by atoms with van der Waals surface area (Å²) < 4.78 is 75.0. The smallest absolute Gasteiger partial charge is 0.166 e. The molecule has 0 saturated carbocycles. The van der Waals surface area contributed by atoms with Gasteiger partial charge in [-0.05, 0) is 0 Å². The van der Waals surface area contributed by atoms with E-state index in [0.29, 0.717) is 10.4 Å². The third-order valence-electron chi connectivity index (χ3n) is 3.29. The van der Waals surface area contributed by atoms with Gasteiger partial charge >= 0.3 is 12.4 Å². The van der Waals surface area contributed by atoms with Gasteiger partial charge < -0.3 is 0 Å². The standard InChI is InChI=1S/C15H11F6Si/c1-22(12-6-2-10(3-7-12)14(16,17)18)13-8-4-11(5-9-13)15(19,20)21/h2-9H,1H3. The minimum absolute atomic E-state index is 0.706. The molecular formula is C15H11F6Si. The molecule has 0 aliphatic heterocycles. The lowest BCUT2D eigenvalue weighted by molar-refractivity contribution is -0.138. The molecule has 0 unspecified atom stereocenters. The van der Waals surface area contributed by atoms with Crippen molar-refractivity contribution in [1.29, 1.82) is 0 Å². The Morgan fingerprint density at radius 3 is 1.09 bits per heavy atom. The fourth-order valence-corrected chi connectivity index (χ4v) is 3.65. The molecule has 0 bridgehead atoms. The van der Waals surface area contributed by atoms with Crippen molar-refractivity contribution in [2.75, 3.05) is 0 Å². The maximum Gasteiger partial charge on any atom is 0.416 e. The Balaban J connectivity index is 2.23. The summed E-state index contributed by atoms with van der Waals surface area (Å²) in [6, 6.07) is 9.51. The summed E-state index contributed by atoms with van der Waals surface area (Å²) >= 11 is 0. The normalized spacial score (nSPS) is 12.7. The van der Waals surface area contributed by atoms with Crippen LogP contribution in [0.2, 0.25) is 6.55 Å². The van der Waals surface area contributed by atoms with Gasteiger partial charge in [0, 0.05) is 0 Å². The number of alkyl halides is 6. The van der Waals surface area contributed by atoms with Gasteiger partial charge in [0.2, 0.25) is 0 Å². The Labute approximate surface area is 125 Å². The van der Waals surface area contributed by atoms with Crippen molar-refractivity contribution in [2.24, 2.45) is 0 Å². The van der Waals surface area contributed by atoms with Gasteiger partial charge in [-0.25, -0.2) is 0 Å². The van der Waals surface area contributed by atoms with Crippen LogP contribution < -0.4 is 10.4 Å². The van der Waals surface area contributed by atoms with Crippen molar-refractivity contribution >= 4 is 19.2 Å². The summed E-state index contributed by atoms with van der Waals surface area (Å²) in [5.74, 6) is 0. The van der Waals surface area contributed by atoms with Gasteiger partial charge in [-0.3, -0.25) is 0 Å². The highest BCUT2D eigenvalue weighted by atomic mass is 28.3. The minimum atomic E-state index is -4.40. The Bertz CT molecular complexity index is 568. The summed E-state index contributed by atoms with van der Waals surface area (Å²) in [4.78, 5) is 0. The SMILES string of the molecule is C[Si](c1ccc(C(F)(F)F)cc1)c1ccc(C(F)(F)F)cc1. The van der Waals surface area contributed by atoms with Crippen LogP contribution in [0.4, 0.5) is 26.3 Å². The van der Waals surface area contributed by atoms with E-state index < -0.39 is 32.3 Å². The maximum absolute atomic E-state index is 12.5. The average Bonchev–Trinajstić information content (AvgIpc) is 2.45. The van der Waals surface area contributed by atoms with Crippen LogP contribution in [-0.2, 0) is 12.4 Å². The first-order valence-electron chi connectivity index (χ1n) is 6.28. The molecule has 0 aromatic heterocycles. The van der Waals surface area contributed by atoms with E-state index >= 15 is 0 Å². The summed E-state index contributed by atoms with van der Waals surface area (Å²) in [5.41, 5.74) is -1.48. The fraction of sp³-hybridized carbons (Fsp3) is 0.200. The van der Waals surface area contributed by atoms with Crippen LogP contribution in [0.25, 0.3) is 0 Å². The van der Waals surface area contributed by atoms with Crippen molar-refractivity contribution in [1.82, 2.24) is 0 Å². The zero-order valence-electron chi connectivity index (χ0n) is 11.4. The molecule has 2 aromatic rings. The first-order chi connectivity index (χ1) is 10.1. The van der Waals surface area contributed by atoms with E-state index in [1.54, 1.807) is 0 Å². The zero-order valence-corrected chi connectivity index (χ0v) is 12.4. The van der Waals surface area contributed by atoms with Crippen LogP contribution in [0.15, 0.2) is 48.5 Å². The van der Waals surface area contributed by atoms with E-state index in [0.717, 1.165) is 24.3 Å². The lowest BCUT2D eigenvalue weighted by Gasteiger charge is -2.13. The van der Waals surface area contributed by atoms with Gasteiger partial charge in [0.25, 0.3) is 0 Å². The molecule has 0 nitrogen and oxygen atoms in total. The summed E-state index contributed by atoms with van der Waals surface area (Å²) in [6.45, 7) is 1.83. The lowest BCUT2D eigenvalue weighted by Crippen LogP contribution is -2.39. The summed E-state index contributed by atoms with van der Waals surface area (Å²) in [7, 11) is -1.40. The van der Waals surface area contributed by atoms with Crippen LogP contribution in [0.1, 0.15) is 11.1 Å². The molecular weight excluding hydrogens is 322 g/mol. The minimum Gasteiger partial charge on any atom is -0.166 e. The number of halogens is 6. The van der Waals surface area contributed by atoms with Crippen LogP contribution in [0, 0.1) is 0 Å². The third-order valence-corrected chi connectivity index (χ3v) is 5.69. The molecule has 0 fully saturated rings. The molecule has 7 heteroatoms. The van der Waals surface area contributed by atoms with Crippen LogP contribution in [-0.4, -0.2) is 8.80 Å². The van der Waals surface area contributed by atoms with E-state index in [4.69, 9.17) is 0 Å². The van der Waals surface area contributed by atoms with Gasteiger partial charge in [-0.2, -0.15) is 26.3 Å². The van der Waals surface area contributed by atoms with E-state index in [9.17, 15) is 26.3 Å². The van der Waals surface area contributed by atoms with Gasteiger partial charge in [0.15, 0.2) is 0 Å². The van der Waals surface area contributed by atoms with Gasteiger partial charge in [0.05, 0.1) is 11.1 Å².